The smallest absolute Gasteiger partial charge is 0.346 e. The Kier molecular flexibility index (Phi) is 3.34. The molecule has 0 heterocycles. The number of phenols is 1. The van der Waals surface area contributed by atoms with Crippen molar-refractivity contribution < 1.29 is 19.4 Å². The van der Waals surface area contributed by atoms with Crippen molar-refractivity contribution in [1.82, 2.24) is 0 Å². The van der Waals surface area contributed by atoms with Crippen molar-refractivity contribution in [2.45, 2.75) is 13.0 Å². The maximum atomic E-state index is 11.0. The Morgan fingerprint density at radius 2 is 2.21 bits per heavy atom. The summed E-state index contributed by atoms with van der Waals surface area (Å²) in [6.07, 6.45) is -0.679. The molecule has 1 aromatic rings. The van der Waals surface area contributed by atoms with E-state index in [9.17, 15) is 4.79 Å². The molecule has 1 rings (SSSR count). The molecule has 0 bridgehead atoms. The van der Waals surface area contributed by atoms with E-state index in [1.54, 1.807) is 19.1 Å². The van der Waals surface area contributed by atoms with E-state index >= 15 is 0 Å². The van der Waals surface area contributed by atoms with Gasteiger partial charge in [0.15, 0.2) is 6.10 Å². The summed E-state index contributed by atoms with van der Waals surface area (Å²) in [4.78, 5) is 11.0. The van der Waals surface area contributed by atoms with Crippen molar-refractivity contribution >= 4 is 5.97 Å². The first-order valence-corrected chi connectivity index (χ1v) is 4.17. The first-order chi connectivity index (χ1) is 6.63. The van der Waals surface area contributed by atoms with Crippen LogP contribution in [0.3, 0.4) is 0 Å². The molecule has 0 fully saturated rings. The molecule has 0 aromatic heterocycles. The summed E-state index contributed by atoms with van der Waals surface area (Å²) in [7, 11) is 1.30. The number of carbonyl (C=O) groups excluding carboxylic acids is 1. The Morgan fingerprint density at radius 3 is 2.79 bits per heavy atom. The molecule has 0 spiro atoms. The number of methoxy groups -OCH3 is 1. The monoisotopic (exact) mass is 196 g/mol. The Labute approximate surface area is 82.1 Å². The number of aromatic hydroxyl groups is 1. The molecule has 0 saturated carbocycles. The molecule has 1 atom stereocenters. The summed E-state index contributed by atoms with van der Waals surface area (Å²) in [5.41, 5.74) is 0. The summed E-state index contributed by atoms with van der Waals surface area (Å²) < 4.78 is 9.70. The summed E-state index contributed by atoms with van der Waals surface area (Å²) in [6.45, 7) is 1.58. The molecular weight excluding hydrogens is 184 g/mol. The van der Waals surface area contributed by atoms with Crippen LogP contribution in [0.25, 0.3) is 0 Å². The lowest BCUT2D eigenvalue weighted by Gasteiger charge is -2.12. The molecule has 0 unspecified atom stereocenters. The van der Waals surface area contributed by atoms with Gasteiger partial charge in [0, 0.05) is 6.07 Å². The van der Waals surface area contributed by atoms with Gasteiger partial charge in [0.05, 0.1) is 7.11 Å². The first kappa shape index (κ1) is 10.4. The number of ether oxygens (including phenoxy) is 2. The molecular formula is C10H12O4. The van der Waals surface area contributed by atoms with Crippen molar-refractivity contribution in [2.75, 3.05) is 7.11 Å². The van der Waals surface area contributed by atoms with Gasteiger partial charge < -0.3 is 14.6 Å². The Morgan fingerprint density at radius 1 is 1.50 bits per heavy atom. The highest BCUT2D eigenvalue weighted by Crippen LogP contribution is 2.18. The van der Waals surface area contributed by atoms with Crippen molar-refractivity contribution in [1.29, 1.82) is 0 Å². The Balaban J connectivity index is 2.64. The highest BCUT2D eigenvalue weighted by atomic mass is 16.6. The minimum Gasteiger partial charge on any atom is -0.508 e. The third-order valence-corrected chi connectivity index (χ3v) is 1.66. The number of phenolic OH excluding ortho intramolecular Hbond substituents is 1. The highest BCUT2D eigenvalue weighted by molar-refractivity contribution is 5.74. The van der Waals surface area contributed by atoms with Crippen LogP contribution in [0.1, 0.15) is 6.92 Å². The van der Waals surface area contributed by atoms with E-state index in [0.717, 1.165) is 0 Å². The molecule has 0 amide bonds. The highest BCUT2D eigenvalue weighted by Gasteiger charge is 2.14. The summed E-state index contributed by atoms with van der Waals surface area (Å²) in [6, 6.07) is 6.24. The van der Waals surface area contributed by atoms with Gasteiger partial charge >= 0.3 is 5.97 Å². The lowest BCUT2D eigenvalue weighted by atomic mass is 10.3. The van der Waals surface area contributed by atoms with E-state index in [0.29, 0.717) is 5.75 Å². The maximum Gasteiger partial charge on any atom is 0.346 e. The molecule has 0 radical (unpaired) electrons. The second-order valence-corrected chi connectivity index (χ2v) is 2.78. The molecule has 0 saturated heterocycles. The number of carbonyl (C=O) groups is 1. The van der Waals surface area contributed by atoms with Crippen LogP contribution >= 0.6 is 0 Å². The van der Waals surface area contributed by atoms with Crippen LogP contribution in [0.15, 0.2) is 24.3 Å². The topological polar surface area (TPSA) is 55.8 Å². The van der Waals surface area contributed by atoms with E-state index in [1.807, 2.05) is 0 Å². The summed E-state index contributed by atoms with van der Waals surface area (Å²) in [5.74, 6) is 0.0795. The number of esters is 1. The molecule has 0 aliphatic heterocycles. The van der Waals surface area contributed by atoms with Gasteiger partial charge in [-0.2, -0.15) is 0 Å². The van der Waals surface area contributed by atoms with Crippen molar-refractivity contribution in [3.05, 3.63) is 24.3 Å². The largest absolute Gasteiger partial charge is 0.508 e. The SMILES string of the molecule is COC(=O)[C@H](C)Oc1cccc(O)c1. The maximum absolute atomic E-state index is 11.0. The van der Waals surface area contributed by atoms with Gasteiger partial charge in [-0.3, -0.25) is 0 Å². The fourth-order valence-corrected chi connectivity index (χ4v) is 0.975. The minimum atomic E-state index is -0.679. The van der Waals surface area contributed by atoms with Crippen molar-refractivity contribution in [2.24, 2.45) is 0 Å². The predicted molar refractivity (Wildman–Crippen MR) is 50.2 cm³/mol. The van der Waals surface area contributed by atoms with Crippen molar-refractivity contribution in [3.8, 4) is 11.5 Å². The van der Waals surface area contributed by atoms with E-state index in [2.05, 4.69) is 4.74 Å². The molecule has 0 aliphatic carbocycles. The average Bonchev–Trinajstić information content (AvgIpc) is 2.16. The van der Waals surface area contributed by atoms with E-state index in [4.69, 9.17) is 9.84 Å². The third kappa shape index (κ3) is 2.65. The molecule has 14 heavy (non-hydrogen) atoms. The zero-order chi connectivity index (χ0) is 10.6. The van der Waals surface area contributed by atoms with E-state index < -0.39 is 12.1 Å². The van der Waals surface area contributed by atoms with Gasteiger partial charge in [0.2, 0.25) is 0 Å². The number of rotatable bonds is 3. The second kappa shape index (κ2) is 4.50. The number of benzene rings is 1. The zero-order valence-corrected chi connectivity index (χ0v) is 8.06. The normalized spacial score (nSPS) is 11.9. The first-order valence-electron chi connectivity index (χ1n) is 4.17. The minimum absolute atomic E-state index is 0.0968. The fraction of sp³-hybridized carbons (Fsp3) is 0.300. The van der Waals surface area contributed by atoms with Gasteiger partial charge in [-0.15, -0.1) is 0 Å². The standard InChI is InChI=1S/C10H12O4/c1-7(10(12)13-2)14-9-5-3-4-8(11)6-9/h3-7,11H,1-2H3/t7-/m0/s1. The average molecular weight is 196 g/mol. The quantitative estimate of drug-likeness (QED) is 0.741. The number of hydrogen-bond donors (Lipinski definition) is 1. The zero-order valence-electron chi connectivity index (χ0n) is 8.06. The summed E-state index contributed by atoms with van der Waals surface area (Å²) >= 11 is 0. The summed E-state index contributed by atoms with van der Waals surface area (Å²) in [5, 5.41) is 9.13. The van der Waals surface area contributed by atoms with Crippen LogP contribution < -0.4 is 4.74 Å². The van der Waals surface area contributed by atoms with E-state index in [1.165, 1.54) is 19.2 Å². The van der Waals surface area contributed by atoms with Crippen LogP contribution in [0.4, 0.5) is 0 Å². The van der Waals surface area contributed by atoms with Crippen molar-refractivity contribution in [3.63, 3.8) is 0 Å². The fourth-order valence-electron chi connectivity index (χ4n) is 0.975. The lowest BCUT2D eigenvalue weighted by molar-refractivity contribution is -0.147. The number of hydrogen-bond acceptors (Lipinski definition) is 4. The van der Waals surface area contributed by atoms with Gasteiger partial charge in [-0.1, -0.05) is 6.07 Å². The molecule has 76 valence electrons. The molecule has 4 heteroatoms. The van der Waals surface area contributed by atoms with Gasteiger partial charge in [-0.05, 0) is 19.1 Å². The van der Waals surface area contributed by atoms with E-state index in [-0.39, 0.29) is 5.75 Å². The second-order valence-electron chi connectivity index (χ2n) is 2.78. The molecule has 1 N–H and O–H groups in total. The Hall–Kier alpha value is -1.71. The van der Waals surface area contributed by atoms with Crippen LogP contribution in [-0.4, -0.2) is 24.3 Å². The van der Waals surface area contributed by atoms with Crippen LogP contribution in [-0.2, 0) is 9.53 Å². The lowest BCUT2D eigenvalue weighted by Crippen LogP contribution is -2.24. The Bertz CT molecular complexity index is 322. The molecule has 1 aromatic carbocycles. The third-order valence-electron chi connectivity index (χ3n) is 1.66. The predicted octanol–water partition coefficient (Wildman–Crippen LogP) is 1.33. The van der Waals surface area contributed by atoms with Crippen LogP contribution in [0.2, 0.25) is 0 Å². The van der Waals surface area contributed by atoms with Gasteiger partial charge in [0.1, 0.15) is 11.5 Å². The molecule has 0 aliphatic rings. The van der Waals surface area contributed by atoms with Gasteiger partial charge in [0.25, 0.3) is 0 Å². The van der Waals surface area contributed by atoms with Gasteiger partial charge in [-0.25, -0.2) is 4.79 Å². The molecule has 4 nitrogen and oxygen atoms in total. The van der Waals surface area contributed by atoms with Crippen LogP contribution in [0, 0.1) is 0 Å². The van der Waals surface area contributed by atoms with Crippen LogP contribution in [0.5, 0.6) is 11.5 Å².